The molecule has 0 aliphatic heterocycles. The number of halogens is 1. The minimum atomic E-state index is -0.136. The Balaban J connectivity index is 1.66. The fraction of sp³-hybridized carbons (Fsp3) is 0. The summed E-state index contributed by atoms with van der Waals surface area (Å²) in [4.78, 5) is 11.8. The molecule has 4 heteroatoms. The van der Waals surface area contributed by atoms with Gasteiger partial charge in [-0.15, -0.1) is 0 Å². The number of carbonyl (C=O) groups is 1. The van der Waals surface area contributed by atoms with E-state index >= 15 is 0 Å². The van der Waals surface area contributed by atoms with Crippen LogP contribution in [0, 0.1) is 0 Å². The molecule has 0 atom stereocenters. The van der Waals surface area contributed by atoms with Gasteiger partial charge >= 0.3 is 0 Å². The second kappa shape index (κ2) is 7.11. The van der Waals surface area contributed by atoms with E-state index in [1.54, 1.807) is 30.5 Å². The van der Waals surface area contributed by atoms with Crippen LogP contribution in [0.25, 0.3) is 23.5 Å². The highest BCUT2D eigenvalue weighted by Crippen LogP contribution is 2.24. The minimum absolute atomic E-state index is 0.136. The fourth-order valence-electron chi connectivity index (χ4n) is 1.98. The smallest absolute Gasteiger partial charge is 0.178 e. The summed E-state index contributed by atoms with van der Waals surface area (Å²) in [6, 6.07) is 15.1. The molecule has 0 saturated heterocycles. The number of carbonyl (C=O) groups excluding carboxylic acids is 1. The molecule has 0 bridgehead atoms. The van der Waals surface area contributed by atoms with Gasteiger partial charge in [-0.2, -0.15) is 0 Å². The minimum Gasteiger partial charge on any atom is -0.465 e. The van der Waals surface area contributed by atoms with Gasteiger partial charge in [-0.05, 0) is 60.7 Å². The van der Waals surface area contributed by atoms with Crippen LogP contribution in [-0.2, 0) is 4.79 Å². The first-order chi connectivity index (χ1) is 11.2. The van der Waals surface area contributed by atoms with Gasteiger partial charge in [0.1, 0.15) is 17.3 Å². The Kier molecular flexibility index (Phi) is 4.74. The predicted octanol–water partition coefficient (Wildman–Crippen LogP) is 5.60. The third-order valence-corrected chi connectivity index (χ3v) is 3.65. The first-order valence-corrected chi connectivity index (χ1v) is 7.79. The molecule has 0 radical (unpaired) electrons. The summed E-state index contributed by atoms with van der Waals surface area (Å²) in [7, 11) is 0. The van der Waals surface area contributed by atoms with Crippen LogP contribution >= 0.6 is 15.9 Å². The highest BCUT2D eigenvalue weighted by molar-refractivity contribution is 9.10. The van der Waals surface area contributed by atoms with E-state index in [1.165, 1.54) is 12.2 Å². The van der Waals surface area contributed by atoms with Crippen molar-refractivity contribution in [1.82, 2.24) is 0 Å². The monoisotopic (exact) mass is 368 g/mol. The van der Waals surface area contributed by atoms with E-state index < -0.39 is 0 Å². The molecule has 0 spiro atoms. The molecule has 0 saturated carbocycles. The molecule has 23 heavy (non-hydrogen) atoms. The normalized spacial score (nSPS) is 11.5. The molecular formula is C19H13BrO3. The molecule has 0 N–H and O–H groups in total. The van der Waals surface area contributed by atoms with Crippen molar-refractivity contribution in [3.05, 3.63) is 82.9 Å². The van der Waals surface area contributed by atoms with Crippen molar-refractivity contribution >= 4 is 33.9 Å². The van der Waals surface area contributed by atoms with Gasteiger partial charge in [-0.25, -0.2) is 0 Å². The summed E-state index contributed by atoms with van der Waals surface area (Å²) in [5.41, 5.74) is 0.983. The van der Waals surface area contributed by atoms with Crippen LogP contribution in [0.5, 0.6) is 0 Å². The summed E-state index contributed by atoms with van der Waals surface area (Å²) in [6.07, 6.45) is 7.75. The largest absolute Gasteiger partial charge is 0.465 e. The third-order valence-electron chi connectivity index (χ3n) is 3.12. The Hall–Kier alpha value is -2.59. The molecule has 114 valence electrons. The van der Waals surface area contributed by atoms with E-state index in [9.17, 15) is 4.79 Å². The number of furan rings is 2. The van der Waals surface area contributed by atoms with Crippen molar-refractivity contribution in [1.29, 1.82) is 0 Å². The second-order valence-electron chi connectivity index (χ2n) is 4.79. The molecular weight excluding hydrogens is 356 g/mol. The summed E-state index contributed by atoms with van der Waals surface area (Å²) >= 11 is 3.40. The Morgan fingerprint density at radius 1 is 0.913 bits per heavy atom. The average Bonchev–Trinajstić information content (AvgIpc) is 3.23. The number of hydrogen-bond acceptors (Lipinski definition) is 3. The molecule has 2 aromatic heterocycles. The van der Waals surface area contributed by atoms with Gasteiger partial charge < -0.3 is 8.83 Å². The van der Waals surface area contributed by atoms with Gasteiger partial charge in [-0.1, -0.05) is 28.1 Å². The lowest BCUT2D eigenvalue weighted by atomic mass is 10.2. The molecule has 0 unspecified atom stereocenters. The molecule has 3 aromatic rings. The molecule has 3 nitrogen and oxygen atoms in total. The van der Waals surface area contributed by atoms with Crippen molar-refractivity contribution in [2.24, 2.45) is 0 Å². The van der Waals surface area contributed by atoms with Crippen molar-refractivity contribution < 1.29 is 13.6 Å². The average molecular weight is 369 g/mol. The van der Waals surface area contributed by atoms with Gasteiger partial charge in [0.15, 0.2) is 5.78 Å². The van der Waals surface area contributed by atoms with E-state index in [0.29, 0.717) is 11.5 Å². The number of benzene rings is 1. The van der Waals surface area contributed by atoms with Crippen LogP contribution in [0.3, 0.4) is 0 Å². The van der Waals surface area contributed by atoms with Crippen LogP contribution in [0.15, 0.2) is 80.3 Å². The molecule has 1 aromatic carbocycles. The molecule has 3 rings (SSSR count). The number of allylic oxidation sites excluding steroid dienone is 2. The summed E-state index contributed by atoms with van der Waals surface area (Å²) < 4.78 is 11.9. The van der Waals surface area contributed by atoms with Gasteiger partial charge in [0.2, 0.25) is 0 Å². The van der Waals surface area contributed by atoms with Crippen molar-refractivity contribution in [3.8, 4) is 11.3 Å². The van der Waals surface area contributed by atoms with Gasteiger partial charge in [0, 0.05) is 10.0 Å². The zero-order valence-corrected chi connectivity index (χ0v) is 13.7. The van der Waals surface area contributed by atoms with E-state index in [0.717, 1.165) is 15.8 Å². The molecule has 0 aliphatic carbocycles. The number of hydrogen-bond donors (Lipinski definition) is 0. The second-order valence-corrected chi connectivity index (χ2v) is 5.71. The maximum atomic E-state index is 11.8. The highest BCUT2D eigenvalue weighted by atomic mass is 79.9. The SMILES string of the molecule is O=C(/C=C/c1ccco1)/C=C/c1ccc(-c2ccc(Br)cc2)o1. The van der Waals surface area contributed by atoms with E-state index in [-0.39, 0.29) is 5.78 Å². The molecule has 0 fully saturated rings. The highest BCUT2D eigenvalue weighted by Gasteiger charge is 2.03. The van der Waals surface area contributed by atoms with E-state index in [2.05, 4.69) is 15.9 Å². The van der Waals surface area contributed by atoms with Crippen molar-refractivity contribution in [2.45, 2.75) is 0 Å². The van der Waals surface area contributed by atoms with Crippen molar-refractivity contribution in [3.63, 3.8) is 0 Å². The van der Waals surface area contributed by atoms with Gasteiger partial charge in [0.25, 0.3) is 0 Å². The number of rotatable bonds is 5. The standard InChI is InChI=1S/C19H13BrO3/c20-15-5-3-14(4-6-15)19-12-11-18(23-19)10-8-16(21)7-9-17-2-1-13-22-17/h1-13H/b9-7+,10-8+. The number of ketones is 1. The Morgan fingerprint density at radius 3 is 2.35 bits per heavy atom. The maximum Gasteiger partial charge on any atom is 0.178 e. The summed E-state index contributed by atoms with van der Waals surface area (Å²) in [6.45, 7) is 0. The fourth-order valence-corrected chi connectivity index (χ4v) is 2.25. The lowest BCUT2D eigenvalue weighted by Crippen LogP contribution is -1.83. The molecule has 0 amide bonds. The van der Waals surface area contributed by atoms with E-state index in [4.69, 9.17) is 8.83 Å². The van der Waals surface area contributed by atoms with Crippen LogP contribution in [0.1, 0.15) is 11.5 Å². The van der Waals surface area contributed by atoms with Crippen molar-refractivity contribution in [2.75, 3.05) is 0 Å². The van der Waals surface area contributed by atoms with Crippen LogP contribution in [0.2, 0.25) is 0 Å². The topological polar surface area (TPSA) is 43.4 Å². The zero-order chi connectivity index (χ0) is 16.1. The summed E-state index contributed by atoms with van der Waals surface area (Å²) in [5, 5.41) is 0. The zero-order valence-electron chi connectivity index (χ0n) is 12.1. The van der Waals surface area contributed by atoms with Crippen LogP contribution in [-0.4, -0.2) is 5.78 Å². The van der Waals surface area contributed by atoms with Gasteiger partial charge in [0.05, 0.1) is 6.26 Å². The predicted molar refractivity (Wildman–Crippen MR) is 93.6 cm³/mol. The quantitative estimate of drug-likeness (QED) is 0.550. The van der Waals surface area contributed by atoms with Crippen LogP contribution < -0.4 is 0 Å². The first kappa shape index (κ1) is 15.3. The Bertz CT molecular complexity index is 837. The lowest BCUT2D eigenvalue weighted by Gasteiger charge is -1.96. The Morgan fingerprint density at radius 2 is 1.65 bits per heavy atom. The molecule has 0 aliphatic rings. The third kappa shape index (κ3) is 4.20. The first-order valence-electron chi connectivity index (χ1n) is 7.00. The summed E-state index contributed by atoms with van der Waals surface area (Å²) in [5.74, 6) is 1.89. The van der Waals surface area contributed by atoms with E-state index in [1.807, 2.05) is 36.4 Å². The lowest BCUT2D eigenvalue weighted by molar-refractivity contribution is -0.110. The van der Waals surface area contributed by atoms with Gasteiger partial charge in [-0.3, -0.25) is 4.79 Å². The maximum absolute atomic E-state index is 11.8. The Labute approximate surface area is 142 Å². The molecule has 2 heterocycles. The van der Waals surface area contributed by atoms with Crippen LogP contribution in [0.4, 0.5) is 0 Å².